The fourth-order valence-electron chi connectivity index (χ4n) is 1.62. The van der Waals surface area contributed by atoms with Gasteiger partial charge in [-0.05, 0) is 45.0 Å². The number of amides is 1. The Morgan fingerprint density at radius 3 is 2.24 bits per heavy atom. The molecular formula is C14H22N2O4S. The van der Waals surface area contributed by atoms with Crippen molar-refractivity contribution in [3.05, 3.63) is 29.8 Å². The van der Waals surface area contributed by atoms with E-state index in [0.717, 1.165) is 0 Å². The van der Waals surface area contributed by atoms with Gasteiger partial charge in [0.15, 0.2) is 0 Å². The Balaban J connectivity index is 2.80. The molecule has 0 saturated carbocycles. The van der Waals surface area contributed by atoms with Crippen LogP contribution in [0.1, 0.15) is 31.1 Å². The number of nitrogens with one attached hydrogen (secondary N) is 2. The second-order valence-electron chi connectivity index (χ2n) is 5.63. The normalized spacial score (nSPS) is 12.2. The third kappa shape index (κ3) is 5.82. The van der Waals surface area contributed by atoms with Crippen LogP contribution in [0.2, 0.25) is 0 Å². The average Bonchev–Trinajstić information content (AvgIpc) is 2.36. The van der Waals surface area contributed by atoms with E-state index in [1.54, 1.807) is 27.9 Å². The number of carbonyl (C=O) groups excluding carboxylic acids is 1. The minimum Gasteiger partial charge on any atom is -0.383 e. The van der Waals surface area contributed by atoms with Crippen LogP contribution in [0.4, 0.5) is 0 Å². The van der Waals surface area contributed by atoms with Gasteiger partial charge in [0.05, 0.1) is 11.5 Å². The first-order valence-electron chi connectivity index (χ1n) is 6.57. The van der Waals surface area contributed by atoms with Crippen LogP contribution in [0.3, 0.4) is 0 Å². The standard InChI is InChI=1S/C14H22N2O4S/c1-14(2,3)16-21(18,19)12-7-5-11(6-8-12)13(17)15-9-10-20-4/h5-8,16H,9-10H2,1-4H3,(H,15,17). The van der Waals surface area contributed by atoms with Gasteiger partial charge < -0.3 is 10.1 Å². The van der Waals surface area contributed by atoms with E-state index in [2.05, 4.69) is 10.0 Å². The van der Waals surface area contributed by atoms with Crippen LogP contribution in [0, 0.1) is 0 Å². The van der Waals surface area contributed by atoms with E-state index >= 15 is 0 Å². The van der Waals surface area contributed by atoms with E-state index in [4.69, 9.17) is 4.74 Å². The van der Waals surface area contributed by atoms with Gasteiger partial charge in [-0.2, -0.15) is 0 Å². The van der Waals surface area contributed by atoms with Gasteiger partial charge in [-0.25, -0.2) is 13.1 Å². The summed E-state index contributed by atoms with van der Waals surface area (Å²) in [4.78, 5) is 11.9. The van der Waals surface area contributed by atoms with E-state index in [-0.39, 0.29) is 10.8 Å². The number of hydrogen-bond acceptors (Lipinski definition) is 4. The monoisotopic (exact) mass is 314 g/mol. The van der Waals surface area contributed by atoms with Crippen LogP contribution in [0.25, 0.3) is 0 Å². The zero-order valence-corrected chi connectivity index (χ0v) is 13.6. The van der Waals surface area contributed by atoms with Gasteiger partial charge in [0.2, 0.25) is 10.0 Å². The topological polar surface area (TPSA) is 84.5 Å². The molecule has 7 heteroatoms. The molecule has 1 aromatic carbocycles. The van der Waals surface area contributed by atoms with Gasteiger partial charge in [0.1, 0.15) is 0 Å². The zero-order valence-electron chi connectivity index (χ0n) is 12.8. The highest BCUT2D eigenvalue weighted by molar-refractivity contribution is 7.89. The molecule has 1 rings (SSSR count). The van der Waals surface area contributed by atoms with Crippen LogP contribution in [-0.4, -0.2) is 40.1 Å². The van der Waals surface area contributed by atoms with Gasteiger partial charge in [-0.1, -0.05) is 0 Å². The van der Waals surface area contributed by atoms with Crippen molar-refractivity contribution >= 4 is 15.9 Å². The van der Waals surface area contributed by atoms with Gasteiger partial charge in [0, 0.05) is 24.8 Å². The molecule has 6 nitrogen and oxygen atoms in total. The minimum absolute atomic E-state index is 0.130. The second-order valence-corrected chi connectivity index (χ2v) is 7.31. The van der Waals surface area contributed by atoms with Crippen molar-refractivity contribution in [3.63, 3.8) is 0 Å². The van der Waals surface area contributed by atoms with Crippen molar-refractivity contribution in [1.82, 2.24) is 10.0 Å². The third-order valence-electron chi connectivity index (χ3n) is 2.46. The number of carbonyl (C=O) groups is 1. The zero-order chi connectivity index (χ0) is 16.1. The molecule has 0 aliphatic carbocycles. The van der Waals surface area contributed by atoms with Crippen molar-refractivity contribution in [2.45, 2.75) is 31.2 Å². The molecule has 0 bridgehead atoms. The number of rotatable bonds is 6. The minimum atomic E-state index is -3.58. The summed E-state index contributed by atoms with van der Waals surface area (Å²) >= 11 is 0. The molecule has 0 atom stereocenters. The molecule has 0 aromatic heterocycles. The molecule has 0 unspecified atom stereocenters. The molecule has 118 valence electrons. The van der Waals surface area contributed by atoms with Gasteiger partial charge >= 0.3 is 0 Å². The molecule has 2 N–H and O–H groups in total. The van der Waals surface area contributed by atoms with Gasteiger partial charge in [-0.3, -0.25) is 4.79 Å². The van der Waals surface area contributed by atoms with E-state index in [9.17, 15) is 13.2 Å². The maximum Gasteiger partial charge on any atom is 0.251 e. The van der Waals surface area contributed by atoms with Crippen LogP contribution in [-0.2, 0) is 14.8 Å². The molecule has 0 aliphatic rings. The predicted octanol–water partition coefficient (Wildman–Crippen LogP) is 1.14. The van der Waals surface area contributed by atoms with Crippen molar-refractivity contribution in [1.29, 1.82) is 0 Å². The Morgan fingerprint density at radius 2 is 1.76 bits per heavy atom. The van der Waals surface area contributed by atoms with Crippen LogP contribution in [0.15, 0.2) is 29.2 Å². The van der Waals surface area contributed by atoms with Gasteiger partial charge in [0.25, 0.3) is 5.91 Å². The molecule has 0 spiro atoms. The lowest BCUT2D eigenvalue weighted by molar-refractivity contribution is 0.0937. The SMILES string of the molecule is COCCNC(=O)c1ccc(S(=O)(=O)NC(C)(C)C)cc1. The molecular weight excluding hydrogens is 292 g/mol. The summed E-state index contributed by atoms with van der Waals surface area (Å²) < 4.78 is 31.6. The van der Waals surface area contributed by atoms with E-state index < -0.39 is 15.6 Å². The van der Waals surface area contributed by atoms with Crippen molar-refractivity contribution in [3.8, 4) is 0 Å². The molecule has 0 fully saturated rings. The molecule has 0 aliphatic heterocycles. The lowest BCUT2D eigenvalue weighted by Gasteiger charge is -2.20. The Bertz CT molecular complexity index is 574. The highest BCUT2D eigenvalue weighted by atomic mass is 32.2. The fourth-order valence-corrected chi connectivity index (χ4v) is 3.03. The van der Waals surface area contributed by atoms with Crippen LogP contribution in [0.5, 0.6) is 0 Å². The molecule has 0 saturated heterocycles. The average molecular weight is 314 g/mol. The maximum atomic E-state index is 12.1. The smallest absolute Gasteiger partial charge is 0.251 e. The Morgan fingerprint density at radius 1 is 1.19 bits per heavy atom. The van der Waals surface area contributed by atoms with Crippen LogP contribution >= 0.6 is 0 Å². The molecule has 0 heterocycles. The van der Waals surface area contributed by atoms with Gasteiger partial charge in [-0.15, -0.1) is 0 Å². The summed E-state index contributed by atoms with van der Waals surface area (Å²) in [5.41, 5.74) is -0.157. The van der Waals surface area contributed by atoms with Crippen molar-refractivity contribution in [2.24, 2.45) is 0 Å². The summed E-state index contributed by atoms with van der Waals surface area (Å²) in [7, 11) is -2.03. The lowest BCUT2D eigenvalue weighted by atomic mass is 10.1. The second kappa shape index (κ2) is 7.02. The fraction of sp³-hybridized carbons (Fsp3) is 0.500. The first kappa shape index (κ1) is 17.6. The Hall–Kier alpha value is -1.44. The molecule has 1 amide bonds. The quantitative estimate of drug-likeness (QED) is 0.771. The summed E-state index contributed by atoms with van der Waals surface area (Å²) in [6.45, 7) is 6.13. The summed E-state index contributed by atoms with van der Waals surface area (Å²) in [6, 6.07) is 5.80. The summed E-state index contributed by atoms with van der Waals surface area (Å²) in [5.74, 6) is -0.264. The summed E-state index contributed by atoms with van der Waals surface area (Å²) in [5, 5.41) is 2.67. The predicted molar refractivity (Wildman–Crippen MR) is 80.7 cm³/mol. The Kier molecular flexibility index (Phi) is 5.88. The summed E-state index contributed by atoms with van der Waals surface area (Å²) in [6.07, 6.45) is 0. The highest BCUT2D eigenvalue weighted by Gasteiger charge is 2.22. The van der Waals surface area contributed by atoms with Crippen LogP contribution < -0.4 is 10.0 Å². The molecule has 1 aromatic rings. The number of hydrogen-bond donors (Lipinski definition) is 2. The largest absolute Gasteiger partial charge is 0.383 e. The van der Waals surface area contributed by atoms with Crippen molar-refractivity contribution in [2.75, 3.05) is 20.3 Å². The number of sulfonamides is 1. The van der Waals surface area contributed by atoms with E-state index in [1.807, 2.05) is 0 Å². The van der Waals surface area contributed by atoms with E-state index in [0.29, 0.717) is 18.7 Å². The first-order chi connectivity index (χ1) is 9.65. The number of methoxy groups -OCH3 is 1. The molecule has 21 heavy (non-hydrogen) atoms. The highest BCUT2D eigenvalue weighted by Crippen LogP contribution is 2.13. The number of benzene rings is 1. The van der Waals surface area contributed by atoms with Crippen molar-refractivity contribution < 1.29 is 17.9 Å². The molecule has 0 radical (unpaired) electrons. The Labute approximate surface area is 125 Å². The maximum absolute atomic E-state index is 12.1. The third-order valence-corrected chi connectivity index (χ3v) is 4.23. The lowest BCUT2D eigenvalue weighted by Crippen LogP contribution is -2.40. The van der Waals surface area contributed by atoms with E-state index in [1.165, 1.54) is 24.3 Å². The number of ether oxygens (including phenoxy) is 1. The first-order valence-corrected chi connectivity index (χ1v) is 8.05.